The Balaban J connectivity index is 1.89. The topological polar surface area (TPSA) is 115 Å². The SMILES string of the molecule is N#CCN1[C@H](C(=O)Nc2ccc(F)c(Cl)c2)C[C@H](c2nccs2)NS1(=O)=O. The summed E-state index contributed by atoms with van der Waals surface area (Å²) in [4.78, 5) is 16.8. The number of rotatable bonds is 4. The van der Waals surface area contributed by atoms with Crippen molar-refractivity contribution in [1.29, 1.82) is 5.26 Å². The lowest BCUT2D eigenvalue weighted by Crippen LogP contribution is -2.57. The summed E-state index contributed by atoms with van der Waals surface area (Å²) in [7, 11) is -4.08. The Morgan fingerprint density at radius 3 is 2.96 bits per heavy atom. The molecule has 1 aliphatic heterocycles. The first-order valence-corrected chi connectivity index (χ1v) is 10.3. The van der Waals surface area contributed by atoms with Crippen molar-refractivity contribution >= 4 is 44.7 Å². The first-order chi connectivity index (χ1) is 12.8. The zero-order valence-electron chi connectivity index (χ0n) is 13.6. The lowest BCUT2D eigenvalue weighted by molar-refractivity contribution is -0.120. The van der Waals surface area contributed by atoms with E-state index in [0.29, 0.717) is 5.01 Å². The van der Waals surface area contributed by atoms with E-state index in [-0.39, 0.29) is 17.1 Å². The molecule has 8 nitrogen and oxygen atoms in total. The minimum Gasteiger partial charge on any atom is -0.325 e. The monoisotopic (exact) mass is 429 g/mol. The van der Waals surface area contributed by atoms with Crippen molar-refractivity contribution in [3.05, 3.63) is 45.6 Å². The van der Waals surface area contributed by atoms with E-state index in [1.54, 1.807) is 11.4 Å². The van der Waals surface area contributed by atoms with Gasteiger partial charge in [-0.1, -0.05) is 11.6 Å². The normalized spacial score (nSPS) is 22.1. The van der Waals surface area contributed by atoms with Gasteiger partial charge in [-0.25, -0.2) is 9.37 Å². The van der Waals surface area contributed by atoms with Gasteiger partial charge < -0.3 is 5.32 Å². The highest BCUT2D eigenvalue weighted by Crippen LogP contribution is 2.30. The van der Waals surface area contributed by atoms with E-state index in [0.717, 1.165) is 10.4 Å². The number of hydrogen-bond donors (Lipinski definition) is 2. The number of carbonyl (C=O) groups excluding carboxylic acids is 1. The fourth-order valence-corrected chi connectivity index (χ4v) is 5.07. The van der Waals surface area contributed by atoms with Crippen LogP contribution in [0.1, 0.15) is 17.5 Å². The van der Waals surface area contributed by atoms with Gasteiger partial charge in [0.15, 0.2) is 0 Å². The molecule has 0 spiro atoms. The highest BCUT2D eigenvalue weighted by atomic mass is 35.5. The first-order valence-electron chi connectivity index (χ1n) is 7.63. The van der Waals surface area contributed by atoms with E-state index in [4.69, 9.17) is 16.9 Å². The second kappa shape index (κ2) is 7.87. The number of benzene rings is 1. The van der Waals surface area contributed by atoms with Gasteiger partial charge in [0.1, 0.15) is 23.4 Å². The number of nitrogens with zero attached hydrogens (tertiary/aromatic N) is 3. The Morgan fingerprint density at radius 2 is 2.33 bits per heavy atom. The molecule has 12 heteroatoms. The van der Waals surface area contributed by atoms with Crippen LogP contribution in [0, 0.1) is 17.1 Å². The van der Waals surface area contributed by atoms with E-state index in [1.807, 2.05) is 0 Å². The maximum atomic E-state index is 13.3. The first kappa shape index (κ1) is 19.7. The van der Waals surface area contributed by atoms with Crippen molar-refractivity contribution in [3.63, 3.8) is 0 Å². The number of thiazole rings is 1. The standard InChI is InChI=1S/C15H13ClFN5O3S2/c16-10-7-9(1-2-11(10)17)20-14(23)13-8-12(15-19-4-6-26-15)21-27(24,25)22(13)5-3-18/h1-2,4,6-7,12-13,21H,5,8H2,(H,20,23)/t12-,13+/m1/s1. The molecular weight excluding hydrogens is 417 g/mol. The van der Waals surface area contributed by atoms with Crippen LogP contribution in [0.2, 0.25) is 5.02 Å². The Bertz CT molecular complexity index is 993. The lowest BCUT2D eigenvalue weighted by Gasteiger charge is -2.36. The fraction of sp³-hybridized carbons (Fsp3) is 0.267. The van der Waals surface area contributed by atoms with Crippen LogP contribution in [0.4, 0.5) is 10.1 Å². The van der Waals surface area contributed by atoms with E-state index >= 15 is 0 Å². The molecule has 3 rings (SSSR count). The molecule has 1 amide bonds. The third-order valence-corrected chi connectivity index (χ3v) is 6.63. The van der Waals surface area contributed by atoms with Crippen LogP contribution in [-0.2, 0) is 15.0 Å². The van der Waals surface area contributed by atoms with Crippen molar-refractivity contribution in [3.8, 4) is 6.07 Å². The third kappa shape index (κ3) is 4.26. The minimum atomic E-state index is -4.08. The summed E-state index contributed by atoms with van der Waals surface area (Å²) in [5.74, 6) is -1.30. The molecular formula is C15H13ClFN5O3S2. The molecule has 1 saturated heterocycles. The van der Waals surface area contributed by atoms with Gasteiger partial charge in [-0.3, -0.25) is 4.79 Å². The molecule has 0 unspecified atom stereocenters. The Hall–Kier alpha value is -2.10. The van der Waals surface area contributed by atoms with Gasteiger partial charge >= 0.3 is 0 Å². The second-order valence-electron chi connectivity index (χ2n) is 5.62. The average Bonchev–Trinajstić information content (AvgIpc) is 3.14. The highest BCUT2D eigenvalue weighted by molar-refractivity contribution is 7.87. The maximum Gasteiger partial charge on any atom is 0.281 e. The summed E-state index contributed by atoms with van der Waals surface area (Å²) in [6, 6.07) is 3.52. The molecule has 0 bridgehead atoms. The van der Waals surface area contributed by atoms with Crippen LogP contribution in [-0.4, -0.2) is 36.2 Å². The van der Waals surface area contributed by atoms with Crippen molar-refractivity contribution < 1.29 is 17.6 Å². The van der Waals surface area contributed by atoms with Crippen molar-refractivity contribution in [2.24, 2.45) is 0 Å². The Morgan fingerprint density at radius 1 is 1.56 bits per heavy atom. The van der Waals surface area contributed by atoms with Gasteiger partial charge in [-0.2, -0.15) is 22.7 Å². The molecule has 1 aromatic carbocycles. The van der Waals surface area contributed by atoms with Gasteiger partial charge in [-0.15, -0.1) is 11.3 Å². The summed E-state index contributed by atoms with van der Waals surface area (Å²) in [5, 5.41) is 13.5. The number of nitriles is 1. The number of aromatic nitrogens is 1. The summed E-state index contributed by atoms with van der Waals surface area (Å²) in [5.41, 5.74) is 0.213. The number of amides is 1. The van der Waals surface area contributed by atoms with Gasteiger partial charge in [0, 0.05) is 17.3 Å². The Kier molecular flexibility index (Phi) is 5.73. The van der Waals surface area contributed by atoms with Gasteiger partial charge in [0.2, 0.25) is 5.91 Å². The number of anilines is 1. The van der Waals surface area contributed by atoms with Crippen LogP contribution in [0.5, 0.6) is 0 Å². The van der Waals surface area contributed by atoms with E-state index in [9.17, 15) is 17.6 Å². The number of carbonyl (C=O) groups is 1. The van der Waals surface area contributed by atoms with E-state index in [2.05, 4.69) is 15.0 Å². The molecule has 1 aliphatic rings. The smallest absolute Gasteiger partial charge is 0.281 e. The number of nitrogens with one attached hydrogen (secondary N) is 2. The van der Waals surface area contributed by atoms with Crippen LogP contribution in [0.25, 0.3) is 0 Å². The summed E-state index contributed by atoms with van der Waals surface area (Å²) >= 11 is 6.96. The quantitative estimate of drug-likeness (QED) is 0.721. The van der Waals surface area contributed by atoms with Crippen LogP contribution < -0.4 is 10.0 Å². The predicted octanol–water partition coefficient (Wildman–Crippen LogP) is 2.05. The van der Waals surface area contributed by atoms with Crippen LogP contribution in [0.3, 0.4) is 0 Å². The second-order valence-corrected chi connectivity index (χ2v) is 8.61. The molecule has 0 radical (unpaired) electrons. The van der Waals surface area contributed by atoms with Crippen molar-refractivity contribution in [1.82, 2.24) is 14.0 Å². The molecule has 27 heavy (non-hydrogen) atoms. The summed E-state index contributed by atoms with van der Waals surface area (Å²) in [6.45, 7) is -0.498. The molecule has 2 heterocycles. The van der Waals surface area contributed by atoms with Gasteiger partial charge in [-0.05, 0) is 24.6 Å². The predicted molar refractivity (Wildman–Crippen MR) is 97.7 cm³/mol. The molecule has 2 aromatic rings. The Labute approximate surface area is 163 Å². The van der Waals surface area contributed by atoms with Gasteiger partial charge in [0.25, 0.3) is 10.2 Å². The van der Waals surface area contributed by atoms with Crippen molar-refractivity contribution in [2.75, 3.05) is 11.9 Å². The molecule has 0 aliphatic carbocycles. The maximum absolute atomic E-state index is 13.3. The summed E-state index contributed by atoms with van der Waals surface area (Å²) < 4.78 is 41.6. The van der Waals surface area contributed by atoms with Crippen LogP contribution in [0.15, 0.2) is 29.8 Å². The average molecular weight is 430 g/mol. The van der Waals surface area contributed by atoms with Crippen molar-refractivity contribution in [2.45, 2.75) is 18.5 Å². The van der Waals surface area contributed by atoms with Crippen LogP contribution >= 0.6 is 22.9 Å². The lowest BCUT2D eigenvalue weighted by atomic mass is 10.1. The fourth-order valence-electron chi connectivity index (χ4n) is 2.66. The summed E-state index contributed by atoms with van der Waals surface area (Å²) in [6.07, 6.45) is 1.61. The highest BCUT2D eigenvalue weighted by Gasteiger charge is 2.43. The largest absolute Gasteiger partial charge is 0.325 e. The third-order valence-electron chi connectivity index (χ3n) is 3.87. The van der Waals surface area contributed by atoms with E-state index in [1.165, 1.54) is 29.7 Å². The molecule has 2 atom stereocenters. The minimum absolute atomic E-state index is 0.0786. The van der Waals surface area contributed by atoms with Gasteiger partial charge in [0.05, 0.1) is 17.1 Å². The zero-order valence-corrected chi connectivity index (χ0v) is 16.0. The number of halogens is 2. The van der Waals surface area contributed by atoms with E-state index < -0.39 is 40.6 Å². The zero-order chi connectivity index (χ0) is 19.6. The molecule has 2 N–H and O–H groups in total. The molecule has 0 saturated carbocycles. The molecule has 1 fully saturated rings. The molecule has 142 valence electrons. The number of hydrogen-bond acceptors (Lipinski definition) is 6. The molecule has 1 aromatic heterocycles.